The normalized spacial score (nSPS) is 9.71. The molecule has 2 rings (SSSR count). The van der Waals surface area contributed by atoms with Crippen LogP contribution in [0.15, 0.2) is 30.6 Å². The van der Waals surface area contributed by atoms with Crippen LogP contribution in [0.3, 0.4) is 0 Å². The molecular formula is C11H6ClFN4. The summed E-state index contributed by atoms with van der Waals surface area (Å²) < 4.78 is 13.3. The van der Waals surface area contributed by atoms with Gasteiger partial charge in [0.15, 0.2) is 5.82 Å². The van der Waals surface area contributed by atoms with Crippen molar-refractivity contribution in [3.63, 3.8) is 0 Å². The lowest BCUT2D eigenvalue weighted by atomic mass is 10.2. The zero-order valence-electron chi connectivity index (χ0n) is 8.48. The monoisotopic (exact) mass is 248 g/mol. The van der Waals surface area contributed by atoms with Gasteiger partial charge in [0, 0.05) is 0 Å². The first-order valence-corrected chi connectivity index (χ1v) is 5.01. The number of hydrogen-bond donors (Lipinski definition) is 1. The highest BCUT2D eigenvalue weighted by atomic mass is 35.5. The van der Waals surface area contributed by atoms with E-state index in [-0.39, 0.29) is 10.7 Å². The molecule has 0 aliphatic carbocycles. The molecule has 0 fully saturated rings. The molecule has 4 nitrogen and oxygen atoms in total. The van der Waals surface area contributed by atoms with Gasteiger partial charge in [-0.05, 0) is 12.1 Å². The van der Waals surface area contributed by atoms with Crippen molar-refractivity contribution in [2.75, 3.05) is 5.32 Å². The Bertz CT molecular complexity index is 594. The van der Waals surface area contributed by atoms with Crippen LogP contribution in [0.5, 0.6) is 0 Å². The average molecular weight is 249 g/mol. The van der Waals surface area contributed by atoms with Gasteiger partial charge >= 0.3 is 0 Å². The van der Waals surface area contributed by atoms with Crippen molar-refractivity contribution in [3.8, 4) is 6.07 Å². The van der Waals surface area contributed by atoms with Gasteiger partial charge in [0.1, 0.15) is 22.6 Å². The molecule has 84 valence electrons. The molecule has 0 saturated carbocycles. The summed E-state index contributed by atoms with van der Waals surface area (Å²) >= 11 is 5.66. The Morgan fingerprint density at radius 2 is 2.18 bits per heavy atom. The number of aromatic nitrogens is 2. The molecule has 0 bridgehead atoms. The van der Waals surface area contributed by atoms with Crippen LogP contribution in [0.2, 0.25) is 5.15 Å². The van der Waals surface area contributed by atoms with E-state index in [1.807, 2.05) is 0 Å². The van der Waals surface area contributed by atoms with Crippen LogP contribution in [0.1, 0.15) is 5.56 Å². The van der Waals surface area contributed by atoms with Gasteiger partial charge < -0.3 is 5.32 Å². The maximum absolute atomic E-state index is 13.3. The number of hydrogen-bond acceptors (Lipinski definition) is 4. The first kappa shape index (κ1) is 11.3. The topological polar surface area (TPSA) is 61.6 Å². The molecule has 1 aromatic heterocycles. The zero-order valence-corrected chi connectivity index (χ0v) is 9.24. The molecule has 1 N–H and O–H groups in total. The highest BCUT2D eigenvalue weighted by Crippen LogP contribution is 2.21. The summed E-state index contributed by atoms with van der Waals surface area (Å²) in [4.78, 5) is 7.76. The van der Waals surface area contributed by atoms with Gasteiger partial charge in [-0.25, -0.2) is 9.37 Å². The predicted molar refractivity (Wildman–Crippen MR) is 61.4 cm³/mol. The number of benzene rings is 1. The Labute approximate surface area is 102 Å². The van der Waals surface area contributed by atoms with Crippen LogP contribution in [-0.2, 0) is 0 Å². The molecule has 0 spiro atoms. The summed E-state index contributed by atoms with van der Waals surface area (Å²) in [5, 5.41) is 11.8. The summed E-state index contributed by atoms with van der Waals surface area (Å²) in [6, 6.07) is 6.07. The number of anilines is 2. The third kappa shape index (κ3) is 2.49. The second kappa shape index (κ2) is 4.76. The van der Waals surface area contributed by atoms with Crippen LogP contribution >= 0.6 is 11.6 Å². The average Bonchev–Trinajstić information content (AvgIpc) is 2.29. The molecule has 0 atom stereocenters. The second-order valence-corrected chi connectivity index (χ2v) is 3.51. The SMILES string of the molecule is N#Cc1c(F)cccc1Nc1cncc(Cl)n1. The van der Waals surface area contributed by atoms with Crippen LogP contribution < -0.4 is 5.32 Å². The van der Waals surface area contributed by atoms with E-state index < -0.39 is 5.82 Å². The fourth-order valence-electron chi connectivity index (χ4n) is 1.28. The molecule has 17 heavy (non-hydrogen) atoms. The van der Waals surface area contributed by atoms with E-state index in [2.05, 4.69) is 15.3 Å². The highest BCUT2D eigenvalue weighted by Gasteiger charge is 2.08. The van der Waals surface area contributed by atoms with Gasteiger partial charge in [-0.15, -0.1) is 0 Å². The quantitative estimate of drug-likeness (QED) is 0.888. The molecule has 1 aromatic carbocycles. The number of nitrogens with one attached hydrogen (secondary N) is 1. The van der Waals surface area contributed by atoms with Crippen molar-refractivity contribution >= 4 is 23.1 Å². The van der Waals surface area contributed by atoms with Crippen molar-refractivity contribution in [2.45, 2.75) is 0 Å². The largest absolute Gasteiger partial charge is 0.338 e. The second-order valence-electron chi connectivity index (χ2n) is 3.13. The summed E-state index contributed by atoms with van der Waals surface area (Å²) in [6.07, 6.45) is 2.81. The van der Waals surface area contributed by atoms with Gasteiger partial charge in [-0.2, -0.15) is 5.26 Å². The fraction of sp³-hybridized carbons (Fsp3) is 0. The predicted octanol–water partition coefficient (Wildman–Crippen LogP) is 2.88. The van der Waals surface area contributed by atoms with Crippen LogP contribution in [-0.4, -0.2) is 9.97 Å². The fourth-order valence-corrected chi connectivity index (χ4v) is 1.43. The molecule has 0 unspecified atom stereocenters. The molecular weight excluding hydrogens is 243 g/mol. The van der Waals surface area contributed by atoms with E-state index in [1.165, 1.54) is 24.5 Å². The van der Waals surface area contributed by atoms with Gasteiger partial charge in [-0.1, -0.05) is 17.7 Å². The van der Waals surface area contributed by atoms with Crippen molar-refractivity contribution in [2.24, 2.45) is 0 Å². The first-order chi connectivity index (χ1) is 8.20. The molecule has 6 heteroatoms. The van der Waals surface area contributed by atoms with E-state index in [9.17, 15) is 4.39 Å². The van der Waals surface area contributed by atoms with Crippen LogP contribution in [0.25, 0.3) is 0 Å². The number of rotatable bonds is 2. The highest BCUT2D eigenvalue weighted by molar-refractivity contribution is 6.29. The minimum atomic E-state index is -0.590. The Morgan fingerprint density at radius 3 is 2.88 bits per heavy atom. The number of nitriles is 1. The van der Waals surface area contributed by atoms with Crippen molar-refractivity contribution in [1.29, 1.82) is 5.26 Å². The van der Waals surface area contributed by atoms with Crippen molar-refractivity contribution < 1.29 is 4.39 Å². The lowest BCUT2D eigenvalue weighted by Crippen LogP contribution is -1.98. The molecule has 1 heterocycles. The van der Waals surface area contributed by atoms with Gasteiger partial charge in [-0.3, -0.25) is 4.98 Å². The maximum Gasteiger partial charge on any atom is 0.150 e. The van der Waals surface area contributed by atoms with Gasteiger partial charge in [0.2, 0.25) is 0 Å². The lowest BCUT2D eigenvalue weighted by molar-refractivity contribution is 0.624. The van der Waals surface area contributed by atoms with E-state index in [0.717, 1.165) is 0 Å². The summed E-state index contributed by atoms with van der Waals surface area (Å²) in [5.74, 6) is -0.243. The Morgan fingerprint density at radius 1 is 1.35 bits per heavy atom. The van der Waals surface area contributed by atoms with E-state index in [4.69, 9.17) is 16.9 Å². The Kier molecular flexibility index (Phi) is 3.17. The van der Waals surface area contributed by atoms with Gasteiger partial charge in [0.05, 0.1) is 18.1 Å². The number of nitrogens with zero attached hydrogens (tertiary/aromatic N) is 3. The van der Waals surface area contributed by atoms with Crippen molar-refractivity contribution in [3.05, 3.63) is 47.1 Å². The summed E-state index contributed by atoms with van der Waals surface area (Å²) in [5.41, 5.74) is 0.248. The third-order valence-corrected chi connectivity index (χ3v) is 2.18. The summed E-state index contributed by atoms with van der Waals surface area (Å²) in [6.45, 7) is 0. The molecule has 0 amide bonds. The summed E-state index contributed by atoms with van der Waals surface area (Å²) in [7, 11) is 0. The van der Waals surface area contributed by atoms with Crippen molar-refractivity contribution in [1.82, 2.24) is 9.97 Å². The van der Waals surface area contributed by atoms with E-state index >= 15 is 0 Å². The van der Waals surface area contributed by atoms with Crippen LogP contribution in [0.4, 0.5) is 15.9 Å². The standard InChI is InChI=1S/C11H6ClFN4/c12-10-5-15-6-11(17-10)16-9-3-1-2-8(13)7(9)4-14/h1-3,5-6H,(H,16,17). The molecule has 0 aliphatic heterocycles. The Balaban J connectivity index is 2.37. The third-order valence-electron chi connectivity index (χ3n) is 1.99. The minimum absolute atomic E-state index is 0.0747. The van der Waals surface area contributed by atoms with E-state index in [1.54, 1.807) is 12.1 Å². The minimum Gasteiger partial charge on any atom is -0.338 e. The van der Waals surface area contributed by atoms with Crippen LogP contribution in [0, 0.1) is 17.1 Å². The van der Waals surface area contributed by atoms with Gasteiger partial charge in [0.25, 0.3) is 0 Å². The van der Waals surface area contributed by atoms with E-state index in [0.29, 0.717) is 11.5 Å². The lowest BCUT2D eigenvalue weighted by Gasteiger charge is -2.07. The maximum atomic E-state index is 13.3. The molecule has 0 radical (unpaired) electrons. The smallest absolute Gasteiger partial charge is 0.150 e. The molecule has 0 aliphatic rings. The first-order valence-electron chi connectivity index (χ1n) is 4.64. The number of halogens is 2. The Hall–Kier alpha value is -2.19. The zero-order chi connectivity index (χ0) is 12.3. The molecule has 0 saturated heterocycles. The molecule has 2 aromatic rings.